The predicted octanol–water partition coefficient (Wildman–Crippen LogP) is 3.71. The number of aryl methyl sites for hydroxylation is 2. The Bertz CT molecular complexity index is 671. The molecule has 0 saturated carbocycles. The number of nitriles is 1. The number of fused-ring (bicyclic) bond motifs is 1. The zero-order valence-electron chi connectivity index (χ0n) is 11.0. The van der Waals surface area contributed by atoms with Crippen LogP contribution in [0.5, 0.6) is 0 Å². The molecule has 3 rings (SSSR count). The molecule has 0 unspecified atom stereocenters. The second-order valence-electron chi connectivity index (χ2n) is 4.94. The SMILES string of the molecule is N#Cc1cc2c(nc1NCc1ccc(Cl)cc1)CCC2. The molecule has 0 bridgehead atoms. The minimum absolute atomic E-state index is 0.625. The van der Waals surface area contributed by atoms with Gasteiger partial charge in [0.15, 0.2) is 0 Å². The Hall–Kier alpha value is -2.05. The van der Waals surface area contributed by atoms with Crippen molar-refractivity contribution in [2.45, 2.75) is 25.8 Å². The molecule has 1 aliphatic rings. The van der Waals surface area contributed by atoms with Crippen LogP contribution < -0.4 is 5.32 Å². The zero-order chi connectivity index (χ0) is 13.9. The van der Waals surface area contributed by atoms with Gasteiger partial charge < -0.3 is 5.32 Å². The molecule has 0 aliphatic heterocycles. The lowest BCUT2D eigenvalue weighted by molar-refractivity contribution is 0.899. The second kappa shape index (κ2) is 5.52. The molecule has 0 radical (unpaired) electrons. The first kappa shape index (κ1) is 13.0. The molecular weight excluding hydrogens is 270 g/mol. The molecule has 1 aromatic carbocycles. The van der Waals surface area contributed by atoms with Gasteiger partial charge in [0.25, 0.3) is 0 Å². The highest BCUT2D eigenvalue weighted by Crippen LogP contribution is 2.25. The summed E-state index contributed by atoms with van der Waals surface area (Å²) in [4.78, 5) is 4.60. The molecule has 0 amide bonds. The Kier molecular flexibility index (Phi) is 3.58. The third kappa shape index (κ3) is 2.61. The quantitative estimate of drug-likeness (QED) is 0.934. The first-order chi connectivity index (χ1) is 9.76. The van der Waals surface area contributed by atoms with Gasteiger partial charge in [-0.2, -0.15) is 5.26 Å². The van der Waals surface area contributed by atoms with E-state index in [1.54, 1.807) is 0 Å². The highest BCUT2D eigenvalue weighted by molar-refractivity contribution is 6.30. The minimum Gasteiger partial charge on any atom is -0.365 e. The number of hydrogen-bond donors (Lipinski definition) is 1. The number of nitrogens with zero attached hydrogens (tertiary/aromatic N) is 2. The number of hydrogen-bond acceptors (Lipinski definition) is 3. The van der Waals surface area contributed by atoms with Gasteiger partial charge >= 0.3 is 0 Å². The summed E-state index contributed by atoms with van der Waals surface area (Å²) >= 11 is 5.86. The highest BCUT2D eigenvalue weighted by Gasteiger charge is 2.16. The molecular formula is C16H14ClN3. The average molecular weight is 284 g/mol. The van der Waals surface area contributed by atoms with E-state index < -0.39 is 0 Å². The third-order valence-electron chi connectivity index (χ3n) is 3.54. The lowest BCUT2D eigenvalue weighted by atomic mass is 10.1. The van der Waals surface area contributed by atoms with Crippen LogP contribution in [0.3, 0.4) is 0 Å². The fourth-order valence-corrected chi connectivity index (χ4v) is 2.61. The average Bonchev–Trinajstić information content (AvgIpc) is 2.92. The molecule has 1 aromatic heterocycles. The van der Waals surface area contributed by atoms with Gasteiger partial charge in [0.05, 0.1) is 5.56 Å². The molecule has 2 aromatic rings. The van der Waals surface area contributed by atoms with E-state index in [0.29, 0.717) is 17.9 Å². The lowest BCUT2D eigenvalue weighted by Gasteiger charge is -2.10. The molecule has 4 heteroatoms. The minimum atomic E-state index is 0.625. The fraction of sp³-hybridized carbons (Fsp3) is 0.250. The third-order valence-corrected chi connectivity index (χ3v) is 3.80. The highest BCUT2D eigenvalue weighted by atomic mass is 35.5. The maximum absolute atomic E-state index is 9.24. The number of aromatic nitrogens is 1. The van der Waals surface area contributed by atoms with Crippen LogP contribution in [0.2, 0.25) is 5.02 Å². The van der Waals surface area contributed by atoms with Crippen molar-refractivity contribution in [2.75, 3.05) is 5.32 Å². The van der Waals surface area contributed by atoms with Crippen molar-refractivity contribution in [1.29, 1.82) is 5.26 Å². The number of anilines is 1. The van der Waals surface area contributed by atoms with E-state index in [1.165, 1.54) is 5.56 Å². The number of pyridine rings is 1. The van der Waals surface area contributed by atoms with Crippen LogP contribution in [0, 0.1) is 11.3 Å². The monoisotopic (exact) mass is 283 g/mol. The van der Waals surface area contributed by atoms with Crippen molar-refractivity contribution in [3.05, 3.63) is 57.7 Å². The van der Waals surface area contributed by atoms with E-state index in [-0.39, 0.29) is 0 Å². The molecule has 3 nitrogen and oxygen atoms in total. The molecule has 0 atom stereocenters. The summed E-state index contributed by atoms with van der Waals surface area (Å²) in [6.07, 6.45) is 3.18. The maximum Gasteiger partial charge on any atom is 0.144 e. The number of benzene rings is 1. The smallest absolute Gasteiger partial charge is 0.144 e. The first-order valence-electron chi connectivity index (χ1n) is 6.67. The lowest BCUT2D eigenvalue weighted by Crippen LogP contribution is -2.05. The van der Waals surface area contributed by atoms with Crippen LogP contribution >= 0.6 is 11.6 Å². The van der Waals surface area contributed by atoms with Crippen molar-refractivity contribution < 1.29 is 0 Å². The topological polar surface area (TPSA) is 48.7 Å². The molecule has 0 saturated heterocycles. The Morgan fingerprint density at radius 2 is 2.05 bits per heavy atom. The van der Waals surface area contributed by atoms with Crippen LogP contribution in [-0.4, -0.2) is 4.98 Å². The molecule has 0 spiro atoms. The summed E-state index contributed by atoms with van der Waals surface area (Å²) in [6.45, 7) is 0.637. The number of nitrogens with one attached hydrogen (secondary N) is 1. The van der Waals surface area contributed by atoms with Crippen molar-refractivity contribution in [3.63, 3.8) is 0 Å². The van der Waals surface area contributed by atoms with Gasteiger partial charge in [0, 0.05) is 17.3 Å². The van der Waals surface area contributed by atoms with E-state index >= 15 is 0 Å². The normalized spacial score (nSPS) is 12.8. The van der Waals surface area contributed by atoms with Crippen LogP contribution in [-0.2, 0) is 19.4 Å². The molecule has 100 valence electrons. The van der Waals surface area contributed by atoms with Gasteiger partial charge in [-0.05, 0) is 48.6 Å². The van der Waals surface area contributed by atoms with Crippen LogP contribution in [0.15, 0.2) is 30.3 Å². The summed E-state index contributed by atoms with van der Waals surface area (Å²) in [7, 11) is 0. The van der Waals surface area contributed by atoms with E-state index in [0.717, 1.165) is 35.5 Å². The van der Waals surface area contributed by atoms with Crippen molar-refractivity contribution in [1.82, 2.24) is 4.98 Å². The Morgan fingerprint density at radius 3 is 2.80 bits per heavy atom. The summed E-state index contributed by atoms with van der Waals surface area (Å²) in [5, 5.41) is 13.2. The van der Waals surface area contributed by atoms with Crippen molar-refractivity contribution in [3.8, 4) is 6.07 Å². The fourth-order valence-electron chi connectivity index (χ4n) is 2.48. The van der Waals surface area contributed by atoms with Gasteiger partial charge in [-0.3, -0.25) is 0 Å². The van der Waals surface area contributed by atoms with Crippen LogP contribution in [0.25, 0.3) is 0 Å². The van der Waals surface area contributed by atoms with Gasteiger partial charge in [-0.25, -0.2) is 4.98 Å². The van der Waals surface area contributed by atoms with Gasteiger partial charge in [0.2, 0.25) is 0 Å². The maximum atomic E-state index is 9.24. The van der Waals surface area contributed by atoms with E-state index in [2.05, 4.69) is 16.4 Å². The van der Waals surface area contributed by atoms with E-state index in [1.807, 2.05) is 30.3 Å². The Labute approximate surface area is 123 Å². The van der Waals surface area contributed by atoms with Crippen molar-refractivity contribution in [2.24, 2.45) is 0 Å². The molecule has 1 heterocycles. The molecule has 0 fully saturated rings. The van der Waals surface area contributed by atoms with Crippen molar-refractivity contribution >= 4 is 17.4 Å². The van der Waals surface area contributed by atoms with Gasteiger partial charge in [0.1, 0.15) is 11.9 Å². The standard InChI is InChI=1S/C16H14ClN3/c17-14-6-4-11(5-7-14)10-19-16-13(9-18)8-12-2-1-3-15(12)20-16/h4-8H,1-3,10H2,(H,19,20). The summed E-state index contributed by atoms with van der Waals surface area (Å²) in [6, 6.07) is 11.9. The second-order valence-corrected chi connectivity index (χ2v) is 5.37. The van der Waals surface area contributed by atoms with Crippen LogP contribution in [0.4, 0.5) is 5.82 Å². The zero-order valence-corrected chi connectivity index (χ0v) is 11.7. The summed E-state index contributed by atoms with van der Waals surface area (Å²) in [5.74, 6) is 0.683. The summed E-state index contributed by atoms with van der Waals surface area (Å²) in [5.41, 5.74) is 4.08. The molecule has 1 N–H and O–H groups in total. The van der Waals surface area contributed by atoms with Crippen LogP contribution in [0.1, 0.15) is 28.8 Å². The van der Waals surface area contributed by atoms with E-state index in [9.17, 15) is 5.26 Å². The van der Waals surface area contributed by atoms with E-state index in [4.69, 9.17) is 11.6 Å². The number of rotatable bonds is 3. The largest absolute Gasteiger partial charge is 0.365 e. The van der Waals surface area contributed by atoms with Gasteiger partial charge in [-0.15, -0.1) is 0 Å². The molecule has 20 heavy (non-hydrogen) atoms. The predicted molar refractivity (Wildman–Crippen MR) is 79.8 cm³/mol. The Balaban J connectivity index is 1.80. The number of halogens is 1. The Morgan fingerprint density at radius 1 is 1.25 bits per heavy atom. The summed E-state index contributed by atoms with van der Waals surface area (Å²) < 4.78 is 0. The first-order valence-corrected chi connectivity index (χ1v) is 7.05. The van der Waals surface area contributed by atoms with Gasteiger partial charge in [-0.1, -0.05) is 23.7 Å². The molecule has 1 aliphatic carbocycles.